The normalized spacial score (nSPS) is 16.0. The number of hydrogen-bond donors (Lipinski definition) is 0. The molecule has 0 N–H and O–H groups in total. The minimum absolute atomic E-state index is 0.107. The molecule has 0 atom stereocenters. The van der Waals surface area contributed by atoms with Gasteiger partial charge in [-0.05, 0) is 37.1 Å². The van der Waals surface area contributed by atoms with Crippen LogP contribution in [0.25, 0.3) is 11.5 Å². The summed E-state index contributed by atoms with van der Waals surface area (Å²) in [7, 11) is 1.71. The summed E-state index contributed by atoms with van der Waals surface area (Å²) in [5, 5.41) is 18.5. The highest BCUT2D eigenvalue weighted by Crippen LogP contribution is 2.33. The molecule has 6 nitrogen and oxygen atoms in total. The maximum Gasteiger partial charge on any atom is 0.277 e. The lowest BCUT2D eigenvalue weighted by molar-refractivity contribution is -0.131. The van der Waals surface area contributed by atoms with E-state index in [4.69, 9.17) is 16.0 Å². The molecular weight excluding hydrogens is 372 g/mol. The van der Waals surface area contributed by atoms with E-state index in [0.717, 1.165) is 37.7 Å². The fourth-order valence-electron chi connectivity index (χ4n) is 3.10. The summed E-state index contributed by atoms with van der Waals surface area (Å²) in [6, 6.07) is 9.45. The van der Waals surface area contributed by atoms with Gasteiger partial charge in [0.1, 0.15) is 5.54 Å². The van der Waals surface area contributed by atoms with Crippen LogP contribution in [-0.4, -0.2) is 39.3 Å². The van der Waals surface area contributed by atoms with E-state index in [-0.39, 0.29) is 11.7 Å². The summed E-state index contributed by atoms with van der Waals surface area (Å²) in [6.07, 6.45) is 4.55. The summed E-state index contributed by atoms with van der Waals surface area (Å²) in [4.78, 5) is 14.1. The van der Waals surface area contributed by atoms with Gasteiger partial charge in [-0.15, -0.1) is 10.2 Å². The fraction of sp³-hybridized carbons (Fsp3) is 0.444. The number of carbonyl (C=O) groups is 1. The van der Waals surface area contributed by atoms with Crippen LogP contribution in [0.4, 0.5) is 0 Å². The molecule has 2 aromatic rings. The second-order valence-corrected chi connectivity index (χ2v) is 7.69. The summed E-state index contributed by atoms with van der Waals surface area (Å²) in [5.74, 6) is 0.428. The number of thioether (sulfide) groups is 1. The maximum atomic E-state index is 12.5. The van der Waals surface area contributed by atoms with Crippen LogP contribution >= 0.6 is 23.4 Å². The van der Waals surface area contributed by atoms with Gasteiger partial charge in [-0.2, -0.15) is 5.26 Å². The molecule has 1 amide bonds. The SMILES string of the molecule is CN(C(=O)CSc1nnc(-c2ccc(Cl)cc2)o1)C1(C#N)CCCCC1. The lowest BCUT2D eigenvalue weighted by Crippen LogP contribution is -2.50. The number of nitriles is 1. The Morgan fingerprint density at radius 1 is 1.31 bits per heavy atom. The van der Waals surface area contributed by atoms with Crippen LogP contribution in [0.5, 0.6) is 0 Å². The van der Waals surface area contributed by atoms with E-state index in [1.54, 1.807) is 36.2 Å². The zero-order valence-corrected chi connectivity index (χ0v) is 16.0. The molecule has 8 heteroatoms. The number of amides is 1. The Morgan fingerprint density at radius 3 is 2.65 bits per heavy atom. The van der Waals surface area contributed by atoms with Crippen LogP contribution in [0.15, 0.2) is 33.9 Å². The zero-order chi connectivity index (χ0) is 18.6. The predicted molar refractivity (Wildman–Crippen MR) is 99.7 cm³/mol. The first kappa shape index (κ1) is 18.7. The number of halogens is 1. The number of hydrogen-bond acceptors (Lipinski definition) is 6. The molecule has 1 saturated carbocycles. The van der Waals surface area contributed by atoms with Gasteiger partial charge in [-0.1, -0.05) is 42.6 Å². The first-order valence-electron chi connectivity index (χ1n) is 8.44. The Hall–Kier alpha value is -2.04. The second kappa shape index (κ2) is 8.11. The molecule has 1 aromatic carbocycles. The van der Waals surface area contributed by atoms with Crippen molar-refractivity contribution in [2.75, 3.05) is 12.8 Å². The van der Waals surface area contributed by atoms with Crippen molar-refractivity contribution in [3.8, 4) is 17.5 Å². The van der Waals surface area contributed by atoms with Crippen molar-refractivity contribution in [1.29, 1.82) is 5.26 Å². The summed E-state index contributed by atoms with van der Waals surface area (Å²) in [6.45, 7) is 0. The number of rotatable bonds is 5. The number of aromatic nitrogens is 2. The van der Waals surface area contributed by atoms with Crippen molar-refractivity contribution in [3.05, 3.63) is 29.3 Å². The van der Waals surface area contributed by atoms with E-state index in [1.165, 1.54) is 11.8 Å². The molecule has 0 unspecified atom stereocenters. The number of benzene rings is 1. The average molecular weight is 391 g/mol. The van der Waals surface area contributed by atoms with Gasteiger partial charge in [0.05, 0.1) is 11.8 Å². The van der Waals surface area contributed by atoms with Gasteiger partial charge in [-0.25, -0.2) is 0 Å². The molecule has 3 rings (SSSR count). The summed E-state index contributed by atoms with van der Waals surface area (Å²) < 4.78 is 5.60. The smallest absolute Gasteiger partial charge is 0.277 e. The van der Waals surface area contributed by atoms with Crippen LogP contribution in [-0.2, 0) is 4.79 Å². The Balaban J connectivity index is 1.61. The van der Waals surface area contributed by atoms with Crippen LogP contribution in [0.2, 0.25) is 5.02 Å². The van der Waals surface area contributed by atoms with Crippen LogP contribution < -0.4 is 0 Å². The van der Waals surface area contributed by atoms with Gasteiger partial charge >= 0.3 is 0 Å². The van der Waals surface area contributed by atoms with Gasteiger partial charge in [0.25, 0.3) is 5.22 Å². The number of carbonyl (C=O) groups excluding carboxylic acids is 1. The largest absolute Gasteiger partial charge is 0.411 e. The highest BCUT2D eigenvalue weighted by molar-refractivity contribution is 7.99. The van der Waals surface area contributed by atoms with Crippen molar-refractivity contribution in [3.63, 3.8) is 0 Å². The van der Waals surface area contributed by atoms with Gasteiger partial charge < -0.3 is 9.32 Å². The molecule has 0 radical (unpaired) electrons. The van der Waals surface area contributed by atoms with Gasteiger partial charge in [0, 0.05) is 17.6 Å². The molecule has 0 saturated heterocycles. The minimum atomic E-state index is -0.681. The van der Waals surface area contributed by atoms with E-state index in [9.17, 15) is 10.1 Å². The molecule has 1 aromatic heterocycles. The fourth-order valence-corrected chi connectivity index (χ4v) is 3.90. The van der Waals surface area contributed by atoms with Crippen molar-refractivity contribution >= 4 is 29.3 Å². The lowest BCUT2D eigenvalue weighted by atomic mass is 9.81. The lowest BCUT2D eigenvalue weighted by Gasteiger charge is -2.38. The standard InChI is InChI=1S/C18H19ClN4O2S/c1-23(18(12-20)9-3-2-4-10-18)15(24)11-26-17-22-21-16(25-17)13-5-7-14(19)8-6-13/h5-8H,2-4,9-11H2,1H3. The Bertz CT molecular complexity index is 809. The molecule has 0 bridgehead atoms. The van der Waals surface area contributed by atoms with E-state index in [0.29, 0.717) is 16.1 Å². The molecule has 1 heterocycles. The molecule has 0 spiro atoms. The first-order chi connectivity index (χ1) is 12.5. The van der Waals surface area contributed by atoms with E-state index >= 15 is 0 Å². The Labute approximate surface area is 161 Å². The van der Waals surface area contributed by atoms with Gasteiger partial charge in [0.2, 0.25) is 11.8 Å². The van der Waals surface area contributed by atoms with Gasteiger partial charge in [-0.3, -0.25) is 4.79 Å². The molecular formula is C18H19ClN4O2S. The van der Waals surface area contributed by atoms with E-state index in [1.807, 2.05) is 0 Å². The third-order valence-corrected chi connectivity index (χ3v) is 5.78. The molecule has 1 fully saturated rings. The van der Waals surface area contributed by atoms with Crippen LogP contribution in [0, 0.1) is 11.3 Å². The molecule has 0 aliphatic heterocycles. The highest BCUT2D eigenvalue weighted by atomic mass is 35.5. The first-order valence-corrected chi connectivity index (χ1v) is 9.80. The van der Waals surface area contributed by atoms with Crippen LogP contribution in [0.3, 0.4) is 0 Å². The molecule has 26 heavy (non-hydrogen) atoms. The third kappa shape index (κ3) is 4.02. The Morgan fingerprint density at radius 2 is 2.00 bits per heavy atom. The summed E-state index contributed by atoms with van der Waals surface area (Å²) in [5.41, 5.74) is 0.0852. The van der Waals surface area contributed by atoms with E-state index < -0.39 is 5.54 Å². The average Bonchev–Trinajstić information content (AvgIpc) is 3.15. The molecule has 136 valence electrons. The van der Waals surface area contributed by atoms with Crippen molar-refractivity contribution < 1.29 is 9.21 Å². The quantitative estimate of drug-likeness (QED) is 0.712. The van der Waals surface area contributed by atoms with Crippen molar-refractivity contribution in [2.45, 2.75) is 42.9 Å². The molecule has 1 aliphatic carbocycles. The van der Waals surface area contributed by atoms with Crippen molar-refractivity contribution in [1.82, 2.24) is 15.1 Å². The predicted octanol–water partition coefficient (Wildman–Crippen LogP) is 4.17. The minimum Gasteiger partial charge on any atom is -0.411 e. The third-order valence-electron chi connectivity index (χ3n) is 4.72. The monoisotopic (exact) mass is 390 g/mol. The second-order valence-electron chi connectivity index (χ2n) is 6.33. The van der Waals surface area contributed by atoms with E-state index in [2.05, 4.69) is 16.3 Å². The van der Waals surface area contributed by atoms with Gasteiger partial charge in [0.15, 0.2) is 0 Å². The topological polar surface area (TPSA) is 83.0 Å². The Kier molecular flexibility index (Phi) is 5.84. The highest BCUT2D eigenvalue weighted by Gasteiger charge is 2.38. The van der Waals surface area contributed by atoms with Crippen LogP contribution in [0.1, 0.15) is 32.1 Å². The number of nitrogens with zero attached hydrogens (tertiary/aromatic N) is 4. The molecule has 1 aliphatic rings. The summed E-state index contributed by atoms with van der Waals surface area (Å²) >= 11 is 7.05. The maximum absolute atomic E-state index is 12.5. The zero-order valence-electron chi connectivity index (χ0n) is 14.4. The van der Waals surface area contributed by atoms with Crippen molar-refractivity contribution in [2.24, 2.45) is 0 Å².